The molecule has 0 aliphatic heterocycles. The molecule has 20 heavy (non-hydrogen) atoms. The first-order valence-electron chi connectivity index (χ1n) is 7.31. The van der Waals surface area contributed by atoms with Crippen LogP contribution in [0.5, 0.6) is 5.75 Å². The zero-order chi connectivity index (χ0) is 14.4. The van der Waals surface area contributed by atoms with Gasteiger partial charge in [-0.3, -0.25) is 0 Å². The monoisotopic (exact) mass is 358 g/mol. The van der Waals surface area contributed by atoms with Crippen LogP contribution >= 0.6 is 27.7 Å². The van der Waals surface area contributed by atoms with Crippen LogP contribution in [0.25, 0.3) is 0 Å². The lowest BCUT2D eigenvalue weighted by atomic mass is 10.0. The Morgan fingerprint density at radius 1 is 1.35 bits per heavy atom. The molecule has 1 aliphatic carbocycles. The molecule has 1 unspecified atom stereocenters. The van der Waals surface area contributed by atoms with E-state index in [-0.39, 0.29) is 6.10 Å². The van der Waals surface area contributed by atoms with Crippen LogP contribution in [0.4, 0.5) is 0 Å². The van der Waals surface area contributed by atoms with E-state index in [0.29, 0.717) is 6.42 Å². The molecular weight excluding hydrogens is 336 g/mol. The first-order chi connectivity index (χ1) is 9.69. The van der Waals surface area contributed by atoms with E-state index >= 15 is 0 Å². The number of aliphatic hydroxyl groups excluding tert-OH is 1. The predicted molar refractivity (Wildman–Crippen MR) is 89.7 cm³/mol. The van der Waals surface area contributed by atoms with Crippen LogP contribution in [-0.4, -0.2) is 29.3 Å². The molecule has 0 radical (unpaired) electrons. The fourth-order valence-corrected chi connectivity index (χ4v) is 4.51. The molecule has 1 aromatic carbocycles. The van der Waals surface area contributed by atoms with E-state index in [1.165, 1.54) is 32.1 Å². The zero-order valence-electron chi connectivity index (χ0n) is 12.0. The first-order valence-corrected chi connectivity index (χ1v) is 9.15. The van der Waals surface area contributed by atoms with E-state index < -0.39 is 0 Å². The maximum absolute atomic E-state index is 10.2. The van der Waals surface area contributed by atoms with Crippen LogP contribution in [-0.2, 0) is 6.42 Å². The SMILES string of the molecule is COc1ccc(CC(O)CSC2CCCCC2)cc1Br. The van der Waals surface area contributed by atoms with E-state index in [4.69, 9.17) is 4.74 Å². The van der Waals surface area contributed by atoms with Crippen LogP contribution in [0.2, 0.25) is 0 Å². The fraction of sp³-hybridized carbons (Fsp3) is 0.625. The highest BCUT2D eigenvalue weighted by Gasteiger charge is 2.16. The van der Waals surface area contributed by atoms with Gasteiger partial charge in [0.25, 0.3) is 0 Å². The highest BCUT2D eigenvalue weighted by Crippen LogP contribution is 2.29. The summed E-state index contributed by atoms with van der Waals surface area (Å²) in [5, 5.41) is 10.9. The number of rotatable bonds is 6. The van der Waals surface area contributed by atoms with E-state index in [1.54, 1.807) is 7.11 Å². The van der Waals surface area contributed by atoms with Crippen LogP contribution in [0.1, 0.15) is 37.7 Å². The lowest BCUT2D eigenvalue weighted by Crippen LogP contribution is -2.17. The van der Waals surface area contributed by atoms with Gasteiger partial charge in [-0.15, -0.1) is 0 Å². The number of hydrogen-bond donors (Lipinski definition) is 1. The summed E-state index contributed by atoms with van der Waals surface area (Å²) in [6, 6.07) is 6.01. The van der Waals surface area contributed by atoms with Crippen molar-refractivity contribution in [2.45, 2.75) is 49.9 Å². The smallest absolute Gasteiger partial charge is 0.133 e. The van der Waals surface area contributed by atoms with Crippen LogP contribution in [0.3, 0.4) is 0 Å². The van der Waals surface area contributed by atoms with Crippen molar-refractivity contribution in [3.8, 4) is 5.75 Å². The Bertz CT molecular complexity index is 419. The van der Waals surface area contributed by atoms with Crippen molar-refractivity contribution in [1.82, 2.24) is 0 Å². The van der Waals surface area contributed by atoms with Crippen LogP contribution in [0, 0.1) is 0 Å². The van der Waals surface area contributed by atoms with Crippen molar-refractivity contribution in [3.63, 3.8) is 0 Å². The topological polar surface area (TPSA) is 29.5 Å². The largest absolute Gasteiger partial charge is 0.496 e. The molecule has 2 nitrogen and oxygen atoms in total. The first kappa shape index (κ1) is 16.2. The minimum absolute atomic E-state index is 0.262. The average molecular weight is 359 g/mol. The number of aliphatic hydroxyl groups is 1. The molecule has 0 aromatic heterocycles. The van der Waals surface area contributed by atoms with Gasteiger partial charge in [0.05, 0.1) is 17.7 Å². The van der Waals surface area contributed by atoms with E-state index in [2.05, 4.69) is 15.9 Å². The van der Waals surface area contributed by atoms with Gasteiger partial charge in [-0.25, -0.2) is 0 Å². The Kier molecular flexibility index (Phi) is 6.72. The molecule has 1 atom stereocenters. The summed E-state index contributed by atoms with van der Waals surface area (Å²) < 4.78 is 6.17. The normalized spacial score (nSPS) is 17.9. The minimum atomic E-state index is -0.262. The Hall–Kier alpha value is -0.190. The summed E-state index contributed by atoms with van der Waals surface area (Å²) in [4.78, 5) is 0. The Morgan fingerprint density at radius 3 is 2.75 bits per heavy atom. The molecule has 1 aromatic rings. The molecule has 0 amide bonds. The molecule has 1 saturated carbocycles. The third kappa shape index (κ3) is 4.97. The van der Waals surface area contributed by atoms with Gasteiger partial charge in [0, 0.05) is 11.0 Å². The average Bonchev–Trinajstić information content (AvgIpc) is 2.46. The van der Waals surface area contributed by atoms with Crippen molar-refractivity contribution in [3.05, 3.63) is 28.2 Å². The summed E-state index contributed by atoms with van der Waals surface area (Å²) in [5.41, 5.74) is 1.15. The molecule has 2 rings (SSSR count). The van der Waals surface area contributed by atoms with Crippen molar-refractivity contribution in [2.24, 2.45) is 0 Å². The zero-order valence-corrected chi connectivity index (χ0v) is 14.4. The summed E-state index contributed by atoms with van der Waals surface area (Å²) in [6.45, 7) is 0. The molecule has 112 valence electrons. The second kappa shape index (κ2) is 8.30. The molecule has 0 bridgehead atoms. The summed E-state index contributed by atoms with van der Waals surface area (Å²) >= 11 is 5.44. The van der Waals surface area contributed by atoms with Gasteiger partial charge < -0.3 is 9.84 Å². The third-order valence-corrected chi connectivity index (χ3v) is 5.90. The number of thioether (sulfide) groups is 1. The minimum Gasteiger partial charge on any atom is -0.496 e. The summed E-state index contributed by atoms with van der Waals surface area (Å²) in [6.07, 6.45) is 7.21. The second-order valence-electron chi connectivity index (χ2n) is 5.42. The number of benzene rings is 1. The molecule has 1 aliphatic rings. The fourth-order valence-electron chi connectivity index (χ4n) is 2.65. The van der Waals surface area contributed by atoms with Crippen molar-refractivity contribution < 1.29 is 9.84 Å². The van der Waals surface area contributed by atoms with Gasteiger partial charge in [-0.2, -0.15) is 11.8 Å². The van der Waals surface area contributed by atoms with Gasteiger partial charge >= 0.3 is 0 Å². The lowest BCUT2D eigenvalue weighted by molar-refractivity contribution is 0.200. The maximum atomic E-state index is 10.2. The van der Waals surface area contributed by atoms with E-state index in [1.807, 2.05) is 30.0 Å². The number of hydrogen-bond acceptors (Lipinski definition) is 3. The summed E-state index contributed by atoms with van der Waals surface area (Å²) in [7, 11) is 1.66. The maximum Gasteiger partial charge on any atom is 0.133 e. The van der Waals surface area contributed by atoms with Gasteiger partial charge in [-0.1, -0.05) is 25.3 Å². The number of methoxy groups -OCH3 is 1. The van der Waals surface area contributed by atoms with Crippen molar-refractivity contribution >= 4 is 27.7 Å². The van der Waals surface area contributed by atoms with Crippen LogP contribution in [0.15, 0.2) is 22.7 Å². The predicted octanol–water partition coefficient (Wildman–Crippen LogP) is 4.43. The quantitative estimate of drug-likeness (QED) is 0.815. The highest BCUT2D eigenvalue weighted by atomic mass is 79.9. The molecule has 0 spiro atoms. The van der Waals surface area contributed by atoms with E-state index in [0.717, 1.165) is 26.8 Å². The van der Waals surface area contributed by atoms with Crippen molar-refractivity contribution in [2.75, 3.05) is 12.9 Å². The molecular formula is C16H23BrO2S. The molecule has 1 N–H and O–H groups in total. The van der Waals surface area contributed by atoms with E-state index in [9.17, 15) is 5.11 Å². The molecule has 1 fully saturated rings. The van der Waals surface area contributed by atoms with Gasteiger partial charge in [-0.05, 0) is 52.9 Å². The number of halogens is 1. The Labute approximate surface area is 134 Å². The Morgan fingerprint density at radius 2 is 2.10 bits per heavy atom. The third-order valence-electron chi connectivity index (χ3n) is 3.76. The Balaban J connectivity index is 1.78. The standard InChI is InChI=1S/C16H23BrO2S/c1-19-16-8-7-12(10-15(16)17)9-13(18)11-20-14-5-3-2-4-6-14/h7-8,10,13-14,18H,2-6,9,11H2,1H3. The lowest BCUT2D eigenvalue weighted by Gasteiger charge is -2.22. The van der Waals surface area contributed by atoms with Gasteiger partial charge in [0.2, 0.25) is 0 Å². The highest BCUT2D eigenvalue weighted by molar-refractivity contribution is 9.10. The molecule has 0 heterocycles. The molecule has 0 saturated heterocycles. The van der Waals surface area contributed by atoms with Gasteiger partial charge in [0.1, 0.15) is 5.75 Å². The van der Waals surface area contributed by atoms with Gasteiger partial charge in [0.15, 0.2) is 0 Å². The second-order valence-corrected chi connectivity index (χ2v) is 7.61. The van der Waals surface area contributed by atoms with Crippen molar-refractivity contribution in [1.29, 1.82) is 0 Å². The summed E-state index contributed by atoms with van der Waals surface area (Å²) in [5.74, 6) is 1.67. The molecule has 4 heteroatoms. The number of ether oxygens (including phenoxy) is 1. The van der Waals surface area contributed by atoms with Crippen LogP contribution < -0.4 is 4.74 Å².